The quantitative estimate of drug-likeness (QED) is 0.850. The molecule has 3 heterocycles. The van der Waals surface area contributed by atoms with Gasteiger partial charge in [-0.05, 0) is 25.7 Å². The van der Waals surface area contributed by atoms with Crippen LogP contribution in [0.3, 0.4) is 0 Å². The lowest BCUT2D eigenvalue weighted by atomic mass is 9.97. The predicted molar refractivity (Wildman–Crippen MR) is 85.7 cm³/mol. The van der Waals surface area contributed by atoms with E-state index < -0.39 is 10.2 Å². The number of hydrogen-bond donors (Lipinski definition) is 0. The molecule has 124 valence electrons. The molecule has 0 aromatic carbocycles. The van der Waals surface area contributed by atoms with Gasteiger partial charge in [-0.2, -0.15) is 17.0 Å². The molecular formula is C15H26N4O2S. The minimum Gasteiger partial charge on any atom is -0.338 e. The van der Waals surface area contributed by atoms with Gasteiger partial charge in [-0.25, -0.2) is 4.98 Å². The number of piperidine rings is 1. The molecule has 0 amide bonds. The minimum absolute atomic E-state index is 0.371. The highest BCUT2D eigenvalue weighted by Gasteiger charge is 2.34. The van der Waals surface area contributed by atoms with Gasteiger partial charge in [0, 0.05) is 51.5 Å². The summed E-state index contributed by atoms with van der Waals surface area (Å²) in [5, 5.41) is 0. The zero-order valence-electron chi connectivity index (χ0n) is 13.3. The summed E-state index contributed by atoms with van der Waals surface area (Å²) >= 11 is 0. The minimum atomic E-state index is -3.27. The van der Waals surface area contributed by atoms with Crippen LogP contribution in [0.15, 0.2) is 12.4 Å². The Morgan fingerprint density at radius 3 is 2.14 bits per heavy atom. The normalized spacial score (nSPS) is 23.5. The molecule has 2 fully saturated rings. The first-order valence-electron chi connectivity index (χ1n) is 8.31. The van der Waals surface area contributed by atoms with Gasteiger partial charge in [0.15, 0.2) is 0 Å². The van der Waals surface area contributed by atoms with E-state index in [1.165, 1.54) is 0 Å². The third-order valence-electron chi connectivity index (χ3n) is 4.90. The third-order valence-corrected chi connectivity index (χ3v) is 6.93. The number of aryl methyl sites for hydroxylation is 1. The fourth-order valence-corrected chi connectivity index (χ4v) is 5.27. The molecule has 0 spiro atoms. The van der Waals surface area contributed by atoms with E-state index in [1.54, 1.807) is 8.61 Å². The topological polar surface area (TPSA) is 58.4 Å². The Morgan fingerprint density at radius 1 is 1.00 bits per heavy atom. The zero-order valence-corrected chi connectivity index (χ0v) is 14.1. The fraction of sp³-hybridized carbons (Fsp3) is 0.800. The van der Waals surface area contributed by atoms with Crippen molar-refractivity contribution in [2.75, 3.05) is 26.2 Å². The van der Waals surface area contributed by atoms with Crippen LogP contribution in [0.1, 0.15) is 50.3 Å². The van der Waals surface area contributed by atoms with E-state index in [-0.39, 0.29) is 0 Å². The lowest BCUT2D eigenvalue weighted by Gasteiger charge is -2.34. The molecular weight excluding hydrogens is 300 g/mol. The van der Waals surface area contributed by atoms with Gasteiger partial charge in [-0.1, -0.05) is 12.8 Å². The summed E-state index contributed by atoms with van der Waals surface area (Å²) in [7, 11) is -1.27. The van der Waals surface area contributed by atoms with Crippen LogP contribution in [0.2, 0.25) is 0 Å². The van der Waals surface area contributed by atoms with Crippen molar-refractivity contribution in [3.05, 3.63) is 18.2 Å². The van der Waals surface area contributed by atoms with Crippen LogP contribution in [0, 0.1) is 0 Å². The van der Waals surface area contributed by atoms with Gasteiger partial charge in [0.25, 0.3) is 10.2 Å². The van der Waals surface area contributed by atoms with Crippen molar-refractivity contribution in [3.8, 4) is 0 Å². The van der Waals surface area contributed by atoms with Crippen LogP contribution in [0.4, 0.5) is 0 Å². The van der Waals surface area contributed by atoms with Crippen molar-refractivity contribution in [3.63, 3.8) is 0 Å². The maximum absolute atomic E-state index is 12.8. The van der Waals surface area contributed by atoms with Gasteiger partial charge >= 0.3 is 0 Å². The van der Waals surface area contributed by atoms with Gasteiger partial charge in [-0.3, -0.25) is 0 Å². The summed E-state index contributed by atoms with van der Waals surface area (Å²) in [6, 6.07) is 0. The Morgan fingerprint density at radius 2 is 1.59 bits per heavy atom. The summed E-state index contributed by atoms with van der Waals surface area (Å²) in [4.78, 5) is 4.41. The predicted octanol–water partition coefficient (Wildman–Crippen LogP) is 1.72. The lowest BCUT2D eigenvalue weighted by Crippen LogP contribution is -2.47. The number of imidazole rings is 1. The van der Waals surface area contributed by atoms with Crippen molar-refractivity contribution < 1.29 is 8.42 Å². The summed E-state index contributed by atoms with van der Waals surface area (Å²) in [5.41, 5.74) is 0. The molecule has 2 aliphatic heterocycles. The van der Waals surface area contributed by atoms with Gasteiger partial charge in [0.2, 0.25) is 0 Å². The summed E-state index contributed by atoms with van der Waals surface area (Å²) in [6.45, 7) is 2.58. The second kappa shape index (κ2) is 6.68. The molecule has 2 aliphatic rings. The average molecular weight is 326 g/mol. The van der Waals surface area contributed by atoms with E-state index in [1.807, 2.05) is 24.0 Å². The molecule has 22 heavy (non-hydrogen) atoms. The van der Waals surface area contributed by atoms with Crippen LogP contribution in [-0.2, 0) is 17.3 Å². The number of hydrogen-bond acceptors (Lipinski definition) is 3. The van der Waals surface area contributed by atoms with Crippen molar-refractivity contribution in [2.24, 2.45) is 7.05 Å². The van der Waals surface area contributed by atoms with Crippen LogP contribution >= 0.6 is 0 Å². The summed E-state index contributed by atoms with van der Waals surface area (Å²) in [5.74, 6) is 1.45. The van der Waals surface area contributed by atoms with Gasteiger partial charge in [0.1, 0.15) is 5.82 Å². The highest BCUT2D eigenvalue weighted by atomic mass is 32.2. The van der Waals surface area contributed by atoms with E-state index in [0.29, 0.717) is 32.1 Å². The maximum Gasteiger partial charge on any atom is 0.281 e. The van der Waals surface area contributed by atoms with Crippen molar-refractivity contribution in [1.29, 1.82) is 0 Å². The van der Waals surface area contributed by atoms with Gasteiger partial charge in [-0.15, -0.1) is 0 Å². The van der Waals surface area contributed by atoms with E-state index in [4.69, 9.17) is 0 Å². The maximum atomic E-state index is 12.8. The van der Waals surface area contributed by atoms with Crippen LogP contribution in [-0.4, -0.2) is 52.8 Å². The number of rotatable bonds is 3. The molecule has 6 nitrogen and oxygen atoms in total. The zero-order chi connectivity index (χ0) is 15.6. The standard InChI is InChI=1S/C15H26N4O2S/c1-17-13-8-16-15(17)14-6-11-19(12-7-14)22(20,21)18-9-4-2-3-5-10-18/h8,13-14H,2-7,9-12H2,1H3. The van der Waals surface area contributed by atoms with Crippen molar-refractivity contribution in [1.82, 2.24) is 18.2 Å². The Balaban J connectivity index is 1.64. The number of aromatic nitrogens is 2. The van der Waals surface area contributed by atoms with Gasteiger partial charge in [0.05, 0.1) is 0 Å². The highest BCUT2D eigenvalue weighted by Crippen LogP contribution is 2.29. The monoisotopic (exact) mass is 326 g/mol. The first-order valence-corrected chi connectivity index (χ1v) is 9.71. The molecule has 1 aromatic heterocycles. The first-order chi connectivity index (χ1) is 10.6. The largest absolute Gasteiger partial charge is 0.338 e. The SMILES string of the molecule is Cn1ccnc1C1CCN(S(=O)(=O)N2CCCCCC2)CC1. The lowest BCUT2D eigenvalue weighted by molar-refractivity contribution is 0.282. The second-order valence-electron chi connectivity index (χ2n) is 6.39. The summed E-state index contributed by atoms with van der Waals surface area (Å²) in [6.07, 6.45) is 9.76. The molecule has 0 atom stereocenters. The molecule has 0 unspecified atom stereocenters. The fourth-order valence-electron chi connectivity index (χ4n) is 3.55. The molecule has 3 rings (SSSR count). The molecule has 0 aliphatic carbocycles. The average Bonchev–Trinajstić information content (AvgIpc) is 2.78. The molecule has 0 radical (unpaired) electrons. The number of nitrogens with zero attached hydrogens (tertiary/aromatic N) is 4. The molecule has 0 saturated carbocycles. The van der Waals surface area contributed by atoms with Crippen molar-refractivity contribution in [2.45, 2.75) is 44.4 Å². The third kappa shape index (κ3) is 3.21. The van der Waals surface area contributed by atoms with E-state index in [9.17, 15) is 8.42 Å². The molecule has 1 aromatic rings. The van der Waals surface area contributed by atoms with E-state index in [0.717, 1.165) is 44.3 Å². The van der Waals surface area contributed by atoms with E-state index in [2.05, 4.69) is 4.98 Å². The first kappa shape index (κ1) is 16.0. The van der Waals surface area contributed by atoms with Crippen LogP contribution < -0.4 is 0 Å². The molecule has 2 saturated heterocycles. The Hall–Kier alpha value is -0.920. The molecule has 0 bridgehead atoms. The van der Waals surface area contributed by atoms with Crippen LogP contribution in [0.25, 0.3) is 0 Å². The Kier molecular flexibility index (Phi) is 4.84. The van der Waals surface area contributed by atoms with Crippen LogP contribution in [0.5, 0.6) is 0 Å². The smallest absolute Gasteiger partial charge is 0.281 e. The van der Waals surface area contributed by atoms with E-state index >= 15 is 0 Å². The van der Waals surface area contributed by atoms with Crippen molar-refractivity contribution >= 4 is 10.2 Å². The second-order valence-corrected chi connectivity index (χ2v) is 8.32. The van der Waals surface area contributed by atoms with Gasteiger partial charge < -0.3 is 4.57 Å². The Bertz CT molecular complexity index is 582. The summed E-state index contributed by atoms with van der Waals surface area (Å²) < 4.78 is 31.0. The Labute approximate surface area is 133 Å². The highest BCUT2D eigenvalue weighted by molar-refractivity contribution is 7.86. The molecule has 7 heteroatoms. The molecule has 0 N–H and O–H groups in total.